The van der Waals surface area contributed by atoms with Gasteiger partial charge < -0.3 is 15.1 Å². The van der Waals surface area contributed by atoms with Gasteiger partial charge in [0.25, 0.3) is 0 Å². The Morgan fingerprint density at radius 1 is 1.14 bits per heavy atom. The van der Waals surface area contributed by atoms with Crippen molar-refractivity contribution in [3.05, 3.63) is 53.2 Å². The maximum Gasteiger partial charge on any atom is 0.221 e. The number of anilines is 1. The van der Waals surface area contributed by atoms with Gasteiger partial charge in [0, 0.05) is 61.6 Å². The first-order valence-corrected chi connectivity index (χ1v) is 10.9. The fraction of sp³-hybridized carbons (Fsp3) is 0.455. The molecule has 1 N–H and O–H groups in total. The molecule has 1 aromatic carbocycles. The number of pyridine rings is 1. The average Bonchev–Trinajstić information content (AvgIpc) is 2.70. The second kappa shape index (κ2) is 9.94. The number of nitrogens with one attached hydrogen (secondary N) is 1. The monoisotopic (exact) mass is 398 g/mol. The van der Waals surface area contributed by atoms with Crippen molar-refractivity contribution < 1.29 is 4.79 Å². The number of carbonyl (C=O) groups is 1. The van der Waals surface area contributed by atoms with Crippen LogP contribution >= 0.6 is 11.8 Å². The summed E-state index contributed by atoms with van der Waals surface area (Å²) in [6.45, 7) is 8.80. The molecule has 6 heteroatoms. The van der Waals surface area contributed by atoms with Gasteiger partial charge in [-0.3, -0.25) is 4.79 Å². The summed E-state index contributed by atoms with van der Waals surface area (Å²) < 4.78 is 0. The van der Waals surface area contributed by atoms with Crippen LogP contribution in [0.25, 0.3) is 0 Å². The zero-order valence-electron chi connectivity index (χ0n) is 17.1. The number of aryl methyl sites for hydroxylation is 2. The number of hydrogen-bond acceptors (Lipinski definition) is 5. The third kappa shape index (κ3) is 5.72. The first kappa shape index (κ1) is 20.7. The molecule has 0 bridgehead atoms. The van der Waals surface area contributed by atoms with Crippen LogP contribution in [0.4, 0.5) is 5.82 Å². The van der Waals surface area contributed by atoms with E-state index in [9.17, 15) is 4.79 Å². The van der Waals surface area contributed by atoms with Gasteiger partial charge in [-0.25, -0.2) is 4.98 Å². The molecule has 0 radical (unpaired) electrons. The van der Waals surface area contributed by atoms with E-state index in [0.29, 0.717) is 13.0 Å². The van der Waals surface area contributed by atoms with Crippen molar-refractivity contribution in [1.29, 1.82) is 0 Å². The maximum atomic E-state index is 12.3. The Bertz CT molecular complexity index is 803. The van der Waals surface area contributed by atoms with Crippen LogP contribution < -0.4 is 10.2 Å². The van der Waals surface area contributed by atoms with Gasteiger partial charge in [0.1, 0.15) is 5.82 Å². The Morgan fingerprint density at radius 3 is 2.68 bits per heavy atom. The van der Waals surface area contributed by atoms with E-state index in [1.807, 2.05) is 12.3 Å². The molecule has 1 aromatic heterocycles. The number of thioether (sulfide) groups is 1. The number of benzene rings is 1. The molecule has 2 heterocycles. The van der Waals surface area contributed by atoms with E-state index in [-0.39, 0.29) is 5.91 Å². The van der Waals surface area contributed by atoms with Crippen LogP contribution in [0.15, 0.2) is 41.4 Å². The zero-order chi connectivity index (χ0) is 19.9. The van der Waals surface area contributed by atoms with Gasteiger partial charge >= 0.3 is 0 Å². The number of amides is 1. The number of piperazine rings is 1. The molecule has 1 aliphatic heterocycles. The van der Waals surface area contributed by atoms with Gasteiger partial charge in [-0.15, -0.1) is 11.8 Å². The summed E-state index contributed by atoms with van der Waals surface area (Å²) in [5.41, 5.74) is 3.68. The lowest BCUT2D eigenvalue weighted by Gasteiger charge is -2.34. The van der Waals surface area contributed by atoms with E-state index >= 15 is 0 Å². The second-order valence-corrected chi connectivity index (χ2v) is 8.57. The highest BCUT2D eigenvalue weighted by atomic mass is 32.2. The molecule has 1 aliphatic rings. The molecule has 28 heavy (non-hydrogen) atoms. The summed E-state index contributed by atoms with van der Waals surface area (Å²) in [5, 5.41) is 3.06. The Labute approximate surface area is 172 Å². The Hall–Kier alpha value is -2.05. The normalized spacial score (nSPS) is 14.9. The van der Waals surface area contributed by atoms with Crippen molar-refractivity contribution in [1.82, 2.24) is 15.2 Å². The van der Waals surface area contributed by atoms with Gasteiger partial charge in [0.2, 0.25) is 5.91 Å². The minimum atomic E-state index is 0.0875. The summed E-state index contributed by atoms with van der Waals surface area (Å²) in [4.78, 5) is 22.7. The summed E-state index contributed by atoms with van der Waals surface area (Å²) in [6.07, 6.45) is 2.35. The fourth-order valence-corrected chi connectivity index (χ4v) is 4.17. The molecule has 0 unspecified atom stereocenters. The first-order chi connectivity index (χ1) is 13.5. The molecule has 1 amide bonds. The van der Waals surface area contributed by atoms with E-state index in [2.05, 4.69) is 65.3 Å². The smallest absolute Gasteiger partial charge is 0.221 e. The van der Waals surface area contributed by atoms with E-state index < -0.39 is 0 Å². The summed E-state index contributed by atoms with van der Waals surface area (Å²) in [6, 6.07) is 10.5. The van der Waals surface area contributed by atoms with Crippen molar-refractivity contribution in [2.75, 3.05) is 43.9 Å². The van der Waals surface area contributed by atoms with Gasteiger partial charge in [-0.05, 0) is 50.2 Å². The van der Waals surface area contributed by atoms with Gasteiger partial charge in [-0.2, -0.15) is 0 Å². The van der Waals surface area contributed by atoms with E-state index in [1.165, 1.54) is 16.0 Å². The largest absolute Gasteiger partial charge is 0.354 e. The number of likely N-dealkylation sites (N-methyl/N-ethyl adjacent to an activating group) is 1. The van der Waals surface area contributed by atoms with E-state index in [4.69, 9.17) is 0 Å². The lowest BCUT2D eigenvalue weighted by atomic mass is 10.1. The standard InChI is InChI=1S/C22H30N4OS/c1-17-6-7-20(15-18(17)2)28-14-8-21(27)24-16-19-5-4-9-23-22(19)26-12-10-25(3)11-13-26/h4-7,9,15H,8,10-14,16H2,1-3H3,(H,24,27). The number of hydrogen-bond donors (Lipinski definition) is 1. The third-order valence-corrected chi connectivity index (χ3v) is 6.22. The Morgan fingerprint density at radius 2 is 1.93 bits per heavy atom. The second-order valence-electron chi connectivity index (χ2n) is 7.40. The van der Waals surface area contributed by atoms with Crippen LogP contribution in [0.2, 0.25) is 0 Å². The Kier molecular flexibility index (Phi) is 7.34. The molecule has 1 fully saturated rings. The van der Waals surface area contributed by atoms with Crippen LogP contribution in [-0.2, 0) is 11.3 Å². The molecule has 0 aliphatic carbocycles. The number of carbonyl (C=O) groups excluding carboxylic acids is 1. The van der Waals surface area contributed by atoms with E-state index in [1.54, 1.807) is 11.8 Å². The summed E-state index contributed by atoms with van der Waals surface area (Å²) in [5.74, 6) is 1.87. The van der Waals surface area contributed by atoms with Crippen LogP contribution in [0.3, 0.4) is 0 Å². The molecule has 2 aromatic rings. The van der Waals surface area contributed by atoms with Crippen LogP contribution in [0, 0.1) is 13.8 Å². The molecule has 0 atom stereocenters. The molecule has 150 valence electrons. The highest BCUT2D eigenvalue weighted by Crippen LogP contribution is 2.22. The quantitative estimate of drug-likeness (QED) is 0.726. The molecule has 1 saturated heterocycles. The predicted molar refractivity (Wildman–Crippen MR) is 117 cm³/mol. The lowest BCUT2D eigenvalue weighted by Crippen LogP contribution is -2.45. The molecule has 5 nitrogen and oxygen atoms in total. The van der Waals surface area contributed by atoms with Crippen molar-refractivity contribution in [2.24, 2.45) is 0 Å². The predicted octanol–water partition coefficient (Wildman–Crippen LogP) is 3.25. The zero-order valence-corrected chi connectivity index (χ0v) is 17.9. The molecular formula is C22H30N4OS. The van der Waals surface area contributed by atoms with Crippen molar-refractivity contribution in [2.45, 2.75) is 31.7 Å². The maximum absolute atomic E-state index is 12.3. The Balaban J connectivity index is 1.47. The molecular weight excluding hydrogens is 368 g/mol. The van der Waals surface area contributed by atoms with Gasteiger partial charge in [-0.1, -0.05) is 12.1 Å². The van der Waals surface area contributed by atoms with Crippen molar-refractivity contribution in [3.8, 4) is 0 Å². The molecule has 0 spiro atoms. The number of rotatable bonds is 7. The molecule has 3 rings (SSSR count). The van der Waals surface area contributed by atoms with Crippen LogP contribution in [0.1, 0.15) is 23.1 Å². The molecule has 0 saturated carbocycles. The fourth-order valence-electron chi connectivity index (χ4n) is 3.22. The van der Waals surface area contributed by atoms with Crippen LogP contribution in [-0.4, -0.2) is 54.8 Å². The highest BCUT2D eigenvalue weighted by Gasteiger charge is 2.18. The minimum absolute atomic E-state index is 0.0875. The van der Waals surface area contributed by atoms with Crippen molar-refractivity contribution in [3.63, 3.8) is 0 Å². The minimum Gasteiger partial charge on any atom is -0.354 e. The number of nitrogens with zero attached hydrogens (tertiary/aromatic N) is 3. The van der Waals surface area contributed by atoms with Crippen molar-refractivity contribution >= 4 is 23.5 Å². The summed E-state index contributed by atoms with van der Waals surface area (Å²) >= 11 is 1.73. The van der Waals surface area contributed by atoms with E-state index in [0.717, 1.165) is 43.3 Å². The first-order valence-electron chi connectivity index (χ1n) is 9.87. The van der Waals surface area contributed by atoms with Crippen LogP contribution in [0.5, 0.6) is 0 Å². The van der Waals surface area contributed by atoms with Gasteiger partial charge in [0.15, 0.2) is 0 Å². The summed E-state index contributed by atoms with van der Waals surface area (Å²) in [7, 11) is 2.15. The lowest BCUT2D eigenvalue weighted by molar-refractivity contribution is -0.120. The number of aromatic nitrogens is 1. The van der Waals surface area contributed by atoms with Gasteiger partial charge in [0.05, 0.1) is 0 Å². The average molecular weight is 399 g/mol. The third-order valence-electron chi connectivity index (χ3n) is 5.22. The topological polar surface area (TPSA) is 48.5 Å². The highest BCUT2D eigenvalue weighted by molar-refractivity contribution is 7.99. The SMILES string of the molecule is Cc1ccc(SCCC(=O)NCc2cccnc2N2CCN(C)CC2)cc1C.